The van der Waals surface area contributed by atoms with Gasteiger partial charge in [-0.2, -0.15) is 0 Å². The van der Waals surface area contributed by atoms with Gasteiger partial charge in [0.2, 0.25) is 0 Å². The lowest BCUT2D eigenvalue weighted by Crippen LogP contribution is -2.53. The van der Waals surface area contributed by atoms with Crippen LogP contribution in [0.5, 0.6) is 0 Å². The lowest BCUT2D eigenvalue weighted by atomic mass is 9.49. The fourth-order valence-electron chi connectivity index (χ4n) is 5.29. The summed E-state index contributed by atoms with van der Waals surface area (Å²) in [5.41, 5.74) is 4.59. The molecule has 4 aliphatic rings. The Morgan fingerprint density at radius 3 is 1.91 bits per heavy atom. The number of imide groups is 1. The second-order valence-electron chi connectivity index (χ2n) is 8.12. The average Bonchev–Trinajstić information content (AvgIpc) is 2.41. The molecule has 3 N–H and O–H groups in total. The van der Waals surface area contributed by atoms with Gasteiger partial charge in [0.05, 0.1) is 5.41 Å². The Morgan fingerprint density at radius 1 is 1.04 bits per heavy atom. The van der Waals surface area contributed by atoms with Gasteiger partial charge < -0.3 is 10.5 Å². The number of urea groups is 1. The van der Waals surface area contributed by atoms with Gasteiger partial charge in [-0.05, 0) is 62.2 Å². The molecule has 0 spiro atoms. The highest BCUT2D eigenvalue weighted by molar-refractivity contribution is 5.97. The van der Waals surface area contributed by atoms with E-state index >= 15 is 0 Å². The Kier molecular flexibility index (Phi) is 4.10. The Morgan fingerprint density at radius 2 is 1.52 bits per heavy atom. The minimum Gasteiger partial charge on any atom is -0.452 e. The van der Waals surface area contributed by atoms with Crippen molar-refractivity contribution in [2.24, 2.45) is 34.8 Å². The maximum atomic E-state index is 12.9. The van der Waals surface area contributed by atoms with E-state index in [0.717, 1.165) is 19.3 Å². The van der Waals surface area contributed by atoms with Crippen molar-refractivity contribution in [2.45, 2.75) is 58.5 Å². The van der Waals surface area contributed by atoms with Crippen molar-refractivity contribution in [3.8, 4) is 0 Å². The molecule has 23 heavy (non-hydrogen) atoms. The Bertz CT molecular complexity index is 493. The number of nitrogens with two attached hydrogens (primary N) is 1. The van der Waals surface area contributed by atoms with E-state index in [1.165, 1.54) is 19.3 Å². The number of ether oxygens (including phenoxy) is 1. The monoisotopic (exact) mass is 322 g/mol. The van der Waals surface area contributed by atoms with Crippen molar-refractivity contribution in [1.29, 1.82) is 0 Å². The third-order valence-corrected chi connectivity index (χ3v) is 5.82. The number of hydrogen-bond acceptors (Lipinski definition) is 4. The molecule has 4 fully saturated rings. The summed E-state index contributed by atoms with van der Waals surface area (Å²) in [4.78, 5) is 35.8. The van der Waals surface area contributed by atoms with Crippen molar-refractivity contribution in [1.82, 2.24) is 5.32 Å². The normalized spacial score (nSPS) is 35.9. The van der Waals surface area contributed by atoms with Gasteiger partial charge >= 0.3 is 12.0 Å². The number of rotatable bonds is 4. The van der Waals surface area contributed by atoms with Gasteiger partial charge in [0, 0.05) is 0 Å². The van der Waals surface area contributed by atoms with Crippen molar-refractivity contribution < 1.29 is 19.1 Å². The van der Waals surface area contributed by atoms with Crippen molar-refractivity contribution >= 4 is 17.9 Å². The molecule has 0 heterocycles. The molecule has 6 nitrogen and oxygen atoms in total. The number of esters is 1. The first-order valence-corrected chi connectivity index (χ1v) is 8.60. The molecule has 3 amide bonds. The topological polar surface area (TPSA) is 98.5 Å². The molecule has 0 radical (unpaired) electrons. The smallest absolute Gasteiger partial charge is 0.318 e. The molecule has 0 aromatic rings. The summed E-state index contributed by atoms with van der Waals surface area (Å²) in [5.74, 6) is 0.787. The molecule has 0 saturated heterocycles. The van der Waals surface area contributed by atoms with E-state index in [-0.39, 0.29) is 11.9 Å². The maximum Gasteiger partial charge on any atom is 0.318 e. The molecule has 0 aliphatic heterocycles. The number of primary amides is 1. The van der Waals surface area contributed by atoms with Crippen LogP contribution in [-0.2, 0) is 14.3 Å². The number of amides is 3. The second-order valence-corrected chi connectivity index (χ2v) is 8.12. The Balaban J connectivity index is 1.72. The highest BCUT2D eigenvalue weighted by atomic mass is 16.5. The van der Waals surface area contributed by atoms with Gasteiger partial charge in [-0.15, -0.1) is 0 Å². The summed E-state index contributed by atoms with van der Waals surface area (Å²) in [6, 6.07) is -0.925. The summed E-state index contributed by atoms with van der Waals surface area (Å²) in [6.07, 6.45) is 5.41. The van der Waals surface area contributed by atoms with E-state index in [9.17, 15) is 14.4 Å². The minimum absolute atomic E-state index is 0.216. The number of carbonyl (C=O) groups is 3. The van der Waals surface area contributed by atoms with Crippen LogP contribution in [0.4, 0.5) is 4.79 Å². The quantitative estimate of drug-likeness (QED) is 0.773. The number of nitrogens with one attached hydrogen (secondary N) is 1. The van der Waals surface area contributed by atoms with Crippen LogP contribution in [0.1, 0.15) is 52.4 Å². The summed E-state index contributed by atoms with van der Waals surface area (Å²) in [5, 5.41) is 2.03. The van der Waals surface area contributed by atoms with Crippen LogP contribution in [0.15, 0.2) is 0 Å². The van der Waals surface area contributed by atoms with Gasteiger partial charge in [0.15, 0.2) is 6.10 Å². The van der Waals surface area contributed by atoms with Crippen LogP contribution in [0.25, 0.3) is 0 Å². The van der Waals surface area contributed by atoms with E-state index in [0.29, 0.717) is 17.8 Å². The van der Waals surface area contributed by atoms with Gasteiger partial charge in [-0.1, -0.05) is 13.8 Å². The minimum atomic E-state index is -0.969. The first-order valence-electron chi connectivity index (χ1n) is 8.60. The number of carbonyl (C=O) groups excluding carboxylic acids is 3. The van der Waals surface area contributed by atoms with Crippen molar-refractivity contribution in [3.63, 3.8) is 0 Å². The molecule has 1 atom stereocenters. The van der Waals surface area contributed by atoms with Crippen LogP contribution in [0.2, 0.25) is 0 Å². The summed E-state index contributed by atoms with van der Waals surface area (Å²) in [7, 11) is 0. The molecule has 128 valence electrons. The molecule has 4 saturated carbocycles. The zero-order valence-corrected chi connectivity index (χ0v) is 13.8. The second kappa shape index (κ2) is 5.80. The Hall–Kier alpha value is -1.59. The predicted octanol–water partition coefficient (Wildman–Crippen LogP) is 1.97. The zero-order valence-electron chi connectivity index (χ0n) is 13.8. The van der Waals surface area contributed by atoms with Crippen LogP contribution < -0.4 is 11.1 Å². The van der Waals surface area contributed by atoms with E-state index in [1.54, 1.807) is 13.8 Å². The van der Waals surface area contributed by atoms with Crippen LogP contribution in [0.3, 0.4) is 0 Å². The van der Waals surface area contributed by atoms with Gasteiger partial charge in [-0.25, -0.2) is 4.79 Å². The van der Waals surface area contributed by atoms with E-state index in [2.05, 4.69) is 0 Å². The molecular formula is C17H26N2O4. The molecule has 4 bridgehead atoms. The lowest BCUT2D eigenvalue weighted by Gasteiger charge is -2.55. The molecule has 0 aromatic heterocycles. The summed E-state index contributed by atoms with van der Waals surface area (Å²) < 4.78 is 5.60. The maximum absolute atomic E-state index is 12.9. The van der Waals surface area contributed by atoms with E-state index < -0.39 is 23.5 Å². The highest BCUT2D eigenvalue weighted by Gasteiger charge is 2.56. The third-order valence-electron chi connectivity index (χ3n) is 5.82. The number of hydrogen-bond donors (Lipinski definition) is 2. The van der Waals surface area contributed by atoms with Gasteiger partial charge in [-0.3, -0.25) is 14.9 Å². The molecule has 4 aliphatic carbocycles. The molecule has 0 aromatic carbocycles. The largest absolute Gasteiger partial charge is 0.452 e. The summed E-state index contributed by atoms with van der Waals surface area (Å²) in [6.45, 7) is 3.58. The van der Waals surface area contributed by atoms with Gasteiger partial charge in [0.25, 0.3) is 5.91 Å². The molecule has 6 heteroatoms. The highest BCUT2D eigenvalue weighted by Crippen LogP contribution is 2.60. The zero-order chi connectivity index (χ0) is 16.8. The first kappa shape index (κ1) is 16.3. The van der Waals surface area contributed by atoms with Crippen LogP contribution >= 0.6 is 0 Å². The lowest BCUT2D eigenvalue weighted by molar-refractivity contribution is -0.181. The Labute approximate surface area is 136 Å². The average molecular weight is 322 g/mol. The first-order chi connectivity index (χ1) is 10.8. The standard InChI is InChI=1S/C17H26N2O4/c1-9(2)13(14(20)19-16(18)22)23-15(21)17-6-10-3-11(7-17)5-12(4-10)8-17/h9-13H,3-8H2,1-2H3,(H3,18,19,20,22)/t10?,11?,12?,13-,17?/m1/s1. The van der Waals surface area contributed by atoms with Crippen LogP contribution in [-0.4, -0.2) is 24.0 Å². The van der Waals surface area contributed by atoms with E-state index in [1.807, 2.05) is 5.32 Å². The van der Waals surface area contributed by atoms with Crippen LogP contribution in [0, 0.1) is 29.1 Å². The van der Waals surface area contributed by atoms with Gasteiger partial charge in [0.1, 0.15) is 0 Å². The van der Waals surface area contributed by atoms with E-state index in [4.69, 9.17) is 10.5 Å². The SMILES string of the molecule is CC(C)[C@@H](OC(=O)C12CC3CC(CC(C3)C1)C2)C(=O)NC(N)=O. The molecule has 4 rings (SSSR count). The molecular weight excluding hydrogens is 296 g/mol. The fraction of sp³-hybridized carbons (Fsp3) is 0.824. The molecule has 0 unspecified atom stereocenters. The third kappa shape index (κ3) is 3.08. The fourth-order valence-corrected chi connectivity index (χ4v) is 5.29. The van der Waals surface area contributed by atoms with Crippen molar-refractivity contribution in [2.75, 3.05) is 0 Å². The van der Waals surface area contributed by atoms with Crippen molar-refractivity contribution in [3.05, 3.63) is 0 Å². The summed E-state index contributed by atoms with van der Waals surface area (Å²) >= 11 is 0. The predicted molar refractivity (Wildman–Crippen MR) is 83.0 cm³/mol.